The van der Waals surface area contributed by atoms with Gasteiger partial charge in [0.25, 0.3) is 11.7 Å². The van der Waals surface area contributed by atoms with Crippen LogP contribution >= 0.6 is 0 Å². The van der Waals surface area contributed by atoms with E-state index in [-0.39, 0.29) is 24.3 Å². The summed E-state index contributed by atoms with van der Waals surface area (Å²) in [7, 11) is 0. The van der Waals surface area contributed by atoms with Crippen molar-refractivity contribution >= 4 is 11.7 Å². The first-order valence-electron chi connectivity index (χ1n) is 6.85. The van der Waals surface area contributed by atoms with Crippen molar-refractivity contribution in [2.45, 2.75) is 6.92 Å². The van der Waals surface area contributed by atoms with E-state index in [9.17, 15) is 9.90 Å². The Morgan fingerprint density at radius 1 is 1.52 bits per heavy atom. The molecule has 3 heterocycles. The molecule has 1 fully saturated rings. The topological polar surface area (TPSA) is 92.9 Å². The van der Waals surface area contributed by atoms with Crippen molar-refractivity contribution < 1.29 is 14.6 Å². The van der Waals surface area contributed by atoms with Crippen LogP contribution in [-0.2, 0) is 4.74 Å². The molecule has 2 aromatic rings. The second kappa shape index (κ2) is 5.74. The first-order chi connectivity index (χ1) is 10.2. The largest absolute Gasteiger partial charge is 0.396 e. The van der Waals surface area contributed by atoms with Gasteiger partial charge in [0.05, 0.1) is 13.2 Å². The molecule has 1 aliphatic rings. The number of aliphatic hydroxyl groups is 1. The van der Waals surface area contributed by atoms with Gasteiger partial charge in [-0.05, 0) is 13.0 Å². The summed E-state index contributed by atoms with van der Waals surface area (Å²) in [6.45, 7) is 3.68. The van der Waals surface area contributed by atoms with Gasteiger partial charge in [-0.25, -0.2) is 4.98 Å². The fourth-order valence-electron chi connectivity index (χ4n) is 2.34. The van der Waals surface area contributed by atoms with Gasteiger partial charge in [-0.3, -0.25) is 9.20 Å². The van der Waals surface area contributed by atoms with Crippen molar-refractivity contribution in [2.75, 3.05) is 32.9 Å². The van der Waals surface area contributed by atoms with E-state index >= 15 is 0 Å². The molecule has 8 heteroatoms. The van der Waals surface area contributed by atoms with E-state index in [2.05, 4.69) is 15.2 Å². The molecular weight excluding hydrogens is 274 g/mol. The highest BCUT2D eigenvalue weighted by atomic mass is 16.5. The van der Waals surface area contributed by atoms with Crippen LogP contribution in [0.4, 0.5) is 0 Å². The first-order valence-corrected chi connectivity index (χ1v) is 6.85. The van der Waals surface area contributed by atoms with E-state index < -0.39 is 0 Å². The second-order valence-corrected chi connectivity index (χ2v) is 5.14. The highest BCUT2D eigenvalue weighted by molar-refractivity contribution is 5.91. The summed E-state index contributed by atoms with van der Waals surface area (Å²) >= 11 is 0. The maximum absolute atomic E-state index is 12.6. The smallest absolute Gasteiger partial charge is 0.292 e. The highest BCUT2D eigenvalue weighted by Gasteiger charge is 2.26. The van der Waals surface area contributed by atoms with Gasteiger partial charge in [0.2, 0.25) is 5.82 Å². The van der Waals surface area contributed by atoms with Crippen LogP contribution in [0.5, 0.6) is 0 Å². The molecule has 8 nitrogen and oxygen atoms in total. The molecule has 1 amide bonds. The van der Waals surface area contributed by atoms with Crippen LogP contribution in [0.3, 0.4) is 0 Å². The fraction of sp³-hybridized carbons (Fsp3) is 0.538. The Balaban J connectivity index is 1.89. The average molecular weight is 291 g/mol. The van der Waals surface area contributed by atoms with Crippen molar-refractivity contribution in [3.8, 4) is 0 Å². The lowest BCUT2D eigenvalue weighted by Gasteiger charge is -2.21. The molecule has 1 atom stereocenters. The summed E-state index contributed by atoms with van der Waals surface area (Å²) in [6, 6.07) is 1.80. The molecule has 0 saturated carbocycles. The third kappa shape index (κ3) is 2.72. The molecule has 1 N–H and O–H groups in total. The Bertz CT molecular complexity index is 656. The van der Waals surface area contributed by atoms with Crippen LogP contribution in [0, 0.1) is 12.8 Å². The molecular formula is C13H17N5O3. The molecule has 3 rings (SSSR count). The molecule has 0 radical (unpaired) electrons. The van der Waals surface area contributed by atoms with Gasteiger partial charge >= 0.3 is 0 Å². The predicted octanol–water partition coefficient (Wildman–Crippen LogP) is -0.486. The molecule has 1 aliphatic heterocycles. The molecule has 112 valence electrons. The molecule has 0 aromatic carbocycles. The van der Waals surface area contributed by atoms with Crippen LogP contribution in [0.1, 0.15) is 16.3 Å². The van der Waals surface area contributed by atoms with Crippen LogP contribution in [0.2, 0.25) is 0 Å². The van der Waals surface area contributed by atoms with Crippen molar-refractivity contribution in [3.05, 3.63) is 23.8 Å². The number of carbonyl (C=O) groups is 1. The number of fused-ring (bicyclic) bond motifs is 1. The van der Waals surface area contributed by atoms with Crippen molar-refractivity contribution in [2.24, 2.45) is 5.92 Å². The zero-order chi connectivity index (χ0) is 14.8. The number of nitrogens with zero attached hydrogens (tertiary/aromatic N) is 5. The van der Waals surface area contributed by atoms with Gasteiger partial charge < -0.3 is 14.7 Å². The second-order valence-electron chi connectivity index (χ2n) is 5.14. The number of aliphatic hydroxyl groups excluding tert-OH is 1. The number of aromatic nitrogens is 4. The summed E-state index contributed by atoms with van der Waals surface area (Å²) < 4.78 is 6.97. The lowest BCUT2D eigenvalue weighted by atomic mass is 10.1. The number of hydrogen-bond acceptors (Lipinski definition) is 6. The predicted molar refractivity (Wildman–Crippen MR) is 72.8 cm³/mol. The molecule has 0 unspecified atom stereocenters. The fourth-order valence-corrected chi connectivity index (χ4v) is 2.34. The highest BCUT2D eigenvalue weighted by Crippen LogP contribution is 2.11. The maximum Gasteiger partial charge on any atom is 0.292 e. The van der Waals surface area contributed by atoms with Gasteiger partial charge in [0.1, 0.15) is 0 Å². The minimum absolute atomic E-state index is 0.00882. The summed E-state index contributed by atoms with van der Waals surface area (Å²) in [5.41, 5.74) is 0.817. The zero-order valence-corrected chi connectivity index (χ0v) is 11.8. The number of hydrogen-bond donors (Lipinski definition) is 1. The zero-order valence-electron chi connectivity index (χ0n) is 11.8. The Morgan fingerprint density at radius 3 is 3.19 bits per heavy atom. The van der Waals surface area contributed by atoms with Crippen molar-refractivity contribution in [1.29, 1.82) is 0 Å². The molecule has 2 aromatic heterocycles. The lowest BCUT2D eigenvalue weighted by molar-refractivity contribution is 0.0714. The standard InChI is InChI=1S/C13H17N5O3/c1-9-2-3-18-11(15-16-13(18)14-9)12(20)17-4-5-21-8-10(6-17)7-19/h2-3,10,19H,4-8H2,1H3/t10-/m1/s1. The summed E-state index contributed by atoms with van der Waals surface area (Å²) in [5.74, 6) is 0.340. The summed E-state index contributed by atoms with van der Waals surface area (Å²) in [6.07, 6.45) is 1.74. The quantitative estimate of drug-likeness (QED) is 0.803. The number of carbonyl (C=O) groups excluding carboxylic acids is 1. The number of ether oxygens (including phenoxy) is 1. The van der Waals surface area contributed by atoms with E-state index in [4.69, 9.17) is 4.74 Å². The molecule has 0 aliphatic carbocycles. The minimum atomic E-state index is -0.225. The number of amides is 1. The van der Waals surface area contributed by atoms with Crippen LogP contribution in [0.15, 0.2) is 12.3 Å². The van der Waals surface area contributed by atoms with E-state index in [0.29, 0.717) is 32.1 Å². The van der Waals surface area contributed by atoms with Gasteiger partial charge in [-0.1, -0.05) is 0 Å². The average Bonchev–Trinajstić information content (AvgIpc) is 2.75. The van der Waals surface area contributed by atoms with E-state index in [1.807, 2.05) is 6.92 Å². The molecule has 0 bridgehead atoms. The van der Waals surface area contributed by atoms with E-state index in [1.165, 1.54) is 0 Å². The Kier molecular flexibility index (Phi) is 3.80. The Morgan fingerprint density at radius 2 is 2.38 bits per heavy atom. The Hall–Kier alpha value is -2.06. The maximum atomic E-state index is 12.6. The van der Waals surface area contributed by atoms with Crippen LogP contribution in [0.25, 0.3) is 5.78 Å². The molecule has 1 saturated heterocycles. The van der Waals surface area contributed by atoms with Crippen LogP contribution < -0.4 is 0 Å². The van der Waals surface area contributed by atoms with Crippen molar-refractivity contribution in [3.63, 3.8) is 0 Å². The monoisotopic (exact) mass is 291 g/mol. The van der Waals surface area contributed by atoms with Crippen LogP contribution in [-0.4, -0.2) is 68.4 Å². The molecule has 0 spiro atoms. The van der Waals surface area contributed by atoms with Gasteiger partial charge in [0, 0.05) is 37.5 Å². The van der Waals surface area contributed by atoms with E-state index in [0.717, 1.165) is 5.69 Å². The van der Waals surface area contributed by atoms with Gasteiger partial charge in [0.15, 0.2) is 0 Å². The third-order valence-electron chi connectivity index (χ3n) is 3.49. The van der Waals surface area contributed by atoms with Crippen molar-refractivity contribution in [1.82, 2.24) is 24.5 Å². The minimum Gasteiger partial charge on any atom is -0.396 e. The summed E-state index contributed by atoms with van der Waals surface area (Å²) in [5, 5.41) is 17.2. The Labute approximate surface area is 121 Å². The number of aryl methyl sites for hydroxylation is 1. The third-order valence-corrected chi connectivity index (χ3v) is 3.49. The SMILES string of the molecule is Cc1ccn2c(C(=O)N3CCOC[C@@H](CO)C3)nnc2n1. The number of rotatable bonds is 2. The summed E-state index contributed by atoms with van der Waals surface area (Å²) in [4.78, 5) is 18.5. The normalized spacial score (nSPS) is 19.7. The van der Waals surface area contributed by atoms with E-state index in [1.54, 1.807) is 21.6 Å². The van der Waals surface area contributed by atoms with Gasteiger partial charge in [-0.2, -0.15) is 0 Å². The first kappa shape index (κ1) is 13.9. The molecule has 21 heavy (non-hydrogen) atoms. The lowest BCUT2D eigenvalue weighted by Crippen LogP contribution is -2.37. The van der Waals surface area contributed by atoms with Gasteiger partial charge in [-0.15, -0.1) is 10.2 Å².